The minimum atomic E-state index is -0.0813. The number of piperidine rings is 2. The third-order valence-corrected chi connectivity index (χ3v) is 5.18. The quantitative estimate of drug-likeness (QED) is 0.817. The molecule has 2 aliphatic heterocycles. The fourth-order valence-electron chi connectivity index (χ4n) is 3.57. The minimum absolute atomic E-state index is 0.0813. The second-order valence-electron chi connectivity index (χ2n) is 7.01. The van der Waals surface area contributed by atoms with Gasteiger partial charge in [0, 0.05) is 19.1 Å². The van der Waals surface area contributed by atoms with Crippen LogP contribution in [-0.4, -0.2) is 64.6 Å². The third-order valence-electron chi connectivity index (χ3n) is 5.18. The van der Waals surface area contributed by atoms with Crippen molar-refractivity contribution < 1.29 is 4.79 Å². The van der Waals surface area contributed by atoms with Crippen LogP contribution in [0.25, 0.3) is 0 Å². The van der Waals surface area contributed by atoms with Crippen molar-refractivity contribution in [2.75, 3.05) is 32.7 Å². The summed E-state index contributed by atoms with van der Waals surface area (Å²) in [5, 5.41) is 14.7. The van der Waals surface area contributed by atoms with E-state index in [1.54, 1.807) is 0 Å². The van der Waals surface area contributed by atoms with Crippen molar-refractivity contribution in [2.24, 2.45) is 0 Å². The van der Waals surface area contributed by atoms with Crippen molar-refractivity contribution >= 4 is 5.91 Å². The number of amides is 1. The van der Waals surface area contributed by atoms with Gasteiger partial charge in [-0.15, -0.1) is 5.10 Å². The molecule has 0 aromatic carbocycles. The molecule has 0 saturated carbocycles. The van der Waals surface area contributed by atoms with E-state index in [9.17, 15) is 4.79 Å². The van der Waals surface area contributed by atoms with Gasteiger partial charge in [-0.1, -0.05) is 18.6 Å². The molecule has 24 heavy (non-hydrogen) atoms. The molecule has 1 aromatic heterocycles. The van der Waals surface area contributed by atoms with E-state index in [0.29, 0.717) is 11.7 Å². The predicted molar refractivity (Wildman–Crippen MR) is 93.0 cm³/mol. The number of rotatable bonds is 6. The van der Waals surface area contributed by atoms with Crippen LogP contribution in [0.3, 0.4) is 0 Å². The largest absolute Gasteiger partial charge is 0.348 e. The van der Waals surface area contributed by atoms with Crippen molar-refractivity contribution in [3.8, 4) is 0 Å². The Morgan fingerprint density at radius 3 is 2.75 bits per heavy atom. The highest BCUT2D eigenvalue weighted by Crippen LogP contribution is 2.17. The first-order chi connectivity index (χ1) is 11.8. The standard InChI is InChI=1S/C17H30N6O/c1-2-3-10-22-11-6-14(7-12-22)19-17(24)16-13-23(21-20-16)15-4-8-18-9-5-15/h13-15,18H,2-12H2,1H3,(H,19,24). The molecule has 7 heteroatoms. The second kappa shape index (κ2) is 8.58. The summed E-state index contributed by atoms with van der Waals surface area (Å²) in [5.74, 6) is -0.0813. The van der Waals surface area contributed by atoms with Crippen LogP contribution < -0.4 is 10.6 Å². The van der Waals surface area contributed by atoms with Crippen LogP contribution >= 0.6 is 0 Å². The van der Waals surface area contributed by atoms with E-state index in [0.717, 1.165) is 51.9 Å². The Morgan fingerprint density at radius 2 is 2.04 bits per heavy atom. The molecule has 3 heterocycles. The Labute approximate surface area is 144 Å². The lowest BCUT2D eigenvalue weighted by Crippen LogP contribution is -2.44. The monoisotopic (exact) mass is 334 g/mol. The second-order valence-corrected chi connectivity index (χ2v) is 7.01. The molecule has 0 spiro atoms. The number of nitrogens with zero attached hydrogens (tertiary/aromatic N) is 4. The lowest BCUT2D eigenvalue weighted by atomic mass is 10.0. The van der Waals surface area contributed by atoms with Gasteiger partial charge in [0.25, 0.3) is 5.91 Å². The van der Waals surface area contributed by atoms with Crippen LogP contribution in [0.2, 0.25) is 0 Å². The minimum Gasteiger partial charge on any atom is -0.348 e. The fourth-order valence-corrected chi connectivity index (χ4v) is 3.57. The van der Waals surface area contributed by atoms with Gasteiger partial charge in [-0.3, -0.25) is 4.79 Å². The van der Waals surface area contributed by atoms with Gasteiger partial charge in [-0.2, -0.15) is 0 Å². The zero-order chi connectivity index (χ0) is 16.8. The first-order valence-electron chi connectivity index (χ1n) is 9.42. The highest BCUT2D eigenvalue weighted by molar-refractivity contribution is 5.92. The summed E-state index contributed by atoms with van der Waals surface area (Å²) in [5.41, 5.74) is 0.446. The van der Waals surface area contributed by atoms with E-state index in [-0.39, 0.29) is 11.9 Å². The Bertz CT molecular complexity index is 517. The number of carbonyl (C=O) groups excluding carboxylic acids is 1. The SMILES string of the molecule is CCCCN1CCC(NC(=O)c2cn(C3CCNCC3)nn2)CC1. The predicted octanol–water partition coefficient (Wildman–Crippen LogP) is 1.20. The Morgan fingerprint density at radius 1 is 1.29 bits per heavy atom. The molecule has 2 N–H and O–H groups in total. The number of aromatic nitrogens is 3. The van der Waals surface area contributed by atoms with E-state index in [1.807, 2.05) is 10.9 Å². The molecule has 0 radical (unpaired) electrons. The first kappa shape index (κ1) is 17.4. The molecule has 2 aliphatic rings. The van der Waals surface area contributed by atoms with E-state index in [2.05, 4.69) is 32.8 Å². The number of carbonyl (C=O) groups is 1. The lowest BCUT2D eigenvalue weighted by molar-refractivity contribution is 0.0905. The van der Waals surface area contributed by atoms with Crippen LogP contribution in [0.4, 0.5) is 0 Å². The molecule has 1 amide bonds. The summed E-state index contributed by atoms with van der Waals surface area (Å²) in [7, 11) is 0. The number of hydrogen-bond acceptors (Lipinski definition) is 5. The van der Waals surface area contributed by atoms with Gasteiger partial charge < -0.3 is 15.5 Å². The average Bonchev–Trinajstić information content (AvgIpc) is 3.12. The molecule has 0 atom stereocenters. The van der Waals surface area contributed by atoms with E-state index in [1.165, 1.54) is 19.4 Å². The molecule has 134 valence electrons. The molecular weight excluding hydrogens is 304 g/mol. The molecule has 2 fully saturated rings. The third kappa shape index (κ3) is 4.54. The van der Waals surface area contributed by atoms with Crippen LogP contribution in [-0.2, 0) is 0 Å². The van der Waals surface area contributed by atoms with Gasteiger partial charge in [0.1, 0.15) is 0 Å². The van der Waals surface area contributed by atoms with Gasteiger partial charge in [-0.05, 0) is 51.7 Å². The van der Waals surface area contributed by atoms with Crippen molar-refractivity contribution in [1.82, 2.24) is 30.5 Å². The first-order valence-corrected chi connectivity index (χ1v) is 9.42. The maximum Gasteiger partial charge on any atom is 0.273 e. The van der Waals surface area contributed by atoms with Crippen molar-refractivity contribution in [3.63, 3.8) is 0 Å². The van der Waals surface area contributed by atoms with Gasteiger partial charge >= 0.3 is 0 Å². The smallest absolute Gasteiger partial charge is 0.273 e. The molecule has 3 rings (SSSR count). The maximum atomic E-state index is 12.4. The van der Waals surface area contributed by atoms with Crippen LogP contribution in [0, 0.1) is 0 Å². The van der Waals surface area contributed by atoms with Gasteiger partial charge in [-0.25, -0.2) is 4.68 Å². The Hall–Kier alpha value is -1.47. The lowest BCUT2D eigenvalue weighted by Gasteiger charge is -2.32. The van der Waals surface area contributed by atoms with Crippen LogP contribution in [0.15, 0.2) is 6.20 Å². The van der Waals surface area contributed by atoms with E-state index in [4.69, 9.17) is 0 Å². The highest BCUT2D eigenvalue weighted by Gasteiger charge is 2.23. The fraction of sp³-hybridized carbons (Fsp3) is 0.824. The molecular formula is C17H30N6O. The summed E-state index contributed by atoms with van der Waals surface area (Å²) in [6.07, 6.45) is 8.44. The molecule has 0 bridgehead atoms. The number of nitrogens with one attached hydrogen (secondary N) is 2. The molecule has 1 aromatic rings. The highest BCUT2D eigenvalue weighted by atomic mass is 16.2. The Kier molecular flexibility index (Phi) is 6.20. The summed E-state index contributed by atoms with van der Waals surface area (Å²) < 4.78 is 1.86. The summed E-state index contributed by atoms with van der Waals surface area (Å²) in [6, 6.07) is 0.626. The van der Waals surface area contributed by atoms with E-state index >= 15 is 0 Å². The normalized spacial score (nSPS) is 21.0. The topological polar surface area (TPSA) is 75.1 Å². The van der Waals surface area contributed by atoms with Crippen molar-refractivity contribution in [3.05, 3.63) is 11.9 Å². The summed E-state index contributed by atoms with van der Waals surface area (Å²) in [4.78, 5) is 14.9. The maximum absolute atomic E-state index is 12.4. The molecule has 7 nitrogen and oxygen atoms in total. The van der Waals surface area contributed by atoms with Gasteiger partial charge in [0.2, 0.25) is 0 Å². The van der Waals surface area contributed by atoms with Gasteiger partial charge in [0.15, 0.2) is 5.69 Å². The number of hydrogen-bond donors (Lipinski definition) is 2. The van der Waals surface area contributed by atoms with Crippen LogP contribution in [0.1, 0.15) is 62.0 Å². The van der Waals surface area contributed by atoms with Gasteiger partial charge in [0.05, 0.1) is 12.2 Å². The summed E-state index contributed by atoms with van der Waals surface area (Å²) in [6.45, 7) is 7.57. The van der Waals surface area contributed by atoms with E-state index < -0.39 is 0 Å². The van der Waals surface area contributed by atoms with Crippen molar-refractivity contribution in [1.29, 1.82) is 0 Å². The van der Waals surface area contributed by atoms with Crippen molar-refractivity contribution in [2.45, 2.75) is 57.5 Å². The average molecular weight is 334 g/mol. The number of unbranched alkanes of at least 4 members (excludes halogenated alkanes) is 1. The molecule has 0 aliphatic carbocycles. The Balaban J connectivity index is 1.46. The number of likely N-dealkylation sites (tertiary alicyclic amines) is 1. The molecule has 2 saturated heterocycles. The van der Waals surface area contributed by atoms with Crippen LogP contribution in [0.5, 0.6) is 0 Å². The zero-order valence-electron chi connectivity index (χ0n) is 14.7. The molecule has 0 unspecified atom stereocenters. The summed E-state index contributed by atoms with van der Waals surface area (Å²) >= 11 is 0. The zero-order valence-corrected chi connectivity index (χ0v) is 14.7.